The number of pyridine rings is 1. The number of nitrogens with one attached hydrogen (secondary N) is 1. The molecule has 3 atom stereocenters. The highest BCUT2D eigenvalue weighted by atomic mass is 16.6. The number of hydrogen-bond acceptors (Lipinski definition) is 5. The number of nitrogens with zero attached hydrogens (tertiary/aromatic N) is 2. The average molecular weight is 339 g/mol. The number of allylic oxidation sites excluding steroid dienone is 1. The second-order valence-electron chi connectivity index (χ2n) is 6.67. The van der Waals surface area contributed by atoms with Crippen LogP contribution in [0.3, 0.4) is 0 Å². The Labute approximate surface area is 146 Å². The number of aromatic nitrogens is 1. The highest BCUT2D eigenvalue weighted by Gasteiger charge is 2.48. The van der Waals surface area contributed by atoms with E-state index < -0.39 is 0 Å². The van der Waals surface area contributed by atoms with Gasteiger partial charge in [0.1, 0.15) is 6.04 Å². The molecular weight excluding hydrogens is 318 g/mol. The summed E-state index contributed by atoms with van der Waals surface area (Å²) < 4.78 is 5.53. The van der Waals surface area contributed by atoms with Crippen molar-refractivity contribution in [3.8, 4) is 0 Å². The van der Waals surface area contributed by atoms with Crippen LogP contribution >= 0.6 is 0 Å². The van der Waals surface area contributed by atoms with Gasteiger partial charge in [-0.2, -0.15) is 0 Å². The largest absolute Gasteiger partial charge is 0.443 e. The topological polar surface area (TPSA) is 71.5 Å². The van der Waals surface area contributed by atoms with Gasteiger partial charge < -0.3 is 10.1 Å². The molecule has 1 aromatic rings. The second-order valence-corrected chi connectivity index (χ2v) is 6.67. The molecule has 1 N–H and O–H groups in total. The fourth-order valence-corrected chi connectivity index (χ4v) is 3.96. The zero-order chi connectivity index (χ0) is 17.4. The van der Waals surface area contributed by atoms with Gasteiger partial charge in [0.2, 0.25) is 5.91 Å². The molecule has 130 valence electrons. The maximum atomic E-state index is 12.2. The summed E-state index contributed by atoms with van der Waals surface area (Å²) in [6.07, 6.45) is 8.24. The SMILES string of the molecule is CC(=O)NC[C@@H]1OC(=O)C2CC=C3C=C(c4ccccn4)CCC3N21. The lowest BCUT2D eigenvalue weighted by Gasteiger charge is -2.40. The molecule has 25 heavy (non-hydrogen) atoms. The van der Waals surface area contributed by atoms with Crippen molar-refractivity contribution in [2.24, 2.45) is 0 Å². The van der Waals surface area contributed by atoms with Crippen molar-refractivity contribution in [1.29, 1.82) is 0 Å². The standard InChI is InChI=1S/C19H21N3O3/c1-12(23)21-11-18-22-16-7-5-13(15-4-2-3-9-20-15)10-14(16)6-8-17(22)19(24)25-18/h2-4,6,9-10,16-18H,5,7-8,11H2,1H3,(H,21,23)/t16?,17?,18-/m0/s1. The summed E-state index contributed by atoms with van der Waals surface area (Å²) in [5.41, 5.74) is 3.45. The van der Waals surface area contributed by atoms with E-state index in [1.54, 1.807) is 0 Å². The lowest BCUT2D eigenvalue weighted by Crippen LogP contribution is -2.52. The van der Waals surface area contributed by atoms with E-state index in [0.29, 0.717) is 13.0 Å². The number of esters is 1. The van der Waals surface area contributed by atoms with Crippen LogP contribution in [0.5, 0.6) is 0 Å². The van der Waals surface area contributed by atoms with Crippen LogP contribution in [-0.2, 0) is 14.3 Å². The zero-order valence-electron chi connectivity index (χ0n) is 14.1. The number of carbonyl (C=O) groups is 2. The van der Waals surface area contributed by atoms with E-state index in [1.165, 1.54) is 18.1 Å². The van der Waals surface area contributed by atoms with E-state index in [2.05, 4.69) is 27.4 Å². The average Bonchev–Trinajstić information content (AvgIpc) is 2.96. The molecule has 1 amide bonds. The molecule has 6 nitrogen and oxygen atoms in total. The number of fused-ring (bicyclic) bond motifs is 3. The van der Waals surface area contributed by atoms with Gasteiger partial charge in [0.25, 0.3) is 0 Å². The first kappa shape index (κ1) is 16.0. The summed E-state index contributed by atoms with van der Waals surface area (Å²) in [5, 5.41) is 2.77. The molecule has 0 bridgehead atoms. The van der Waals surface area contributed by atoms with E-state index in [4.69, 9.17) is 4.74 Å². The Kier molecular flexibility index (Phi) is 4.13. The van der Waals surface area contributed by atoms with Gasteiger partial charge in [-0.1, -0.05) is 18.2 Å². The Morgan fingerprint density at radius 1 is 1.40 bits per heavy atom. The molecule has 6 heteroatoms. The van der Waals surface area contributed by atoms with Gasteiger partial charge in [-0.05, 0) is 42.5 Å². The molecule has 0 saturated carbocycles. The molecule has 2 aliphatic heterocycles. The third kappa shape index (κ3) is 2.98. The van der Waals surface area contributed by atoms with Crippen LogP contribution in [0.15, 0.2) is 42.1 Å². The smallest absolute Gasteiger partial charge is 0.325 e. The van der Waals surface area contributed by atoms with E-state index in [-0.39, 0.29) is 30.2 Å². The van der Waals surface area contributed by atoms with Crippen molar-refractivity contribution in [3.05, 3.63) is 47.8 Å². The summed E-state index contributed by atoms with van der Waals surface area (Å²) in [7, 11) is 0. The predicted octanol–water partition coefficient (Wildman–Crippen LogP) is 1.65. The van der Waals surface area contributed by atoms with Crippen molar-refractivity contribution in [2.45, 2.75) is 44.5 Å². The van der Waals surface area contributed by atoms with Crippen LogP contribution in [-0.4, -0.2) is 46.6 Å². The van der Waals surface area contributed by atoms with Crippen molar-refractivity contribution >= 4 is 17.4 Å². The molecule has 3 heterocycles. The Hall–Kier alpha value is -2.47. The van der Waals surface area contributed by atoms with Crippen molar-refractivity contribution in [3.63, 3.8) is 0 Å². The summed E-state index contributed by atoms with van der Waals surface area (Å²) in [5.74, 6) is -0.307. The maximum absolute atomic E-state index is 12.2. The number of ether oxygens (including phenoxy) is 1. The van der Waals surface area contributed by atoms with Gasteiger partial charge in [-0.15, -0.1) is 0 Å². The van der Waals surface area contributed by atoms with Gasteiger partial charge in [-0.3, -0.25) is 14.6 Å². The molecule has 1 saturated heterocycles. The molecule has 1 aliphatic carbocycles. The summed E-state index contributed by atoms with van der Waals surface area (Å²) >= 11 is 0. The third-order valence-electron chi connectivity index (χ3n) is 5.09. The predicted molar refractivity (Wildman–Crippen MR) is 92.1 cm³/mol. The first-order chi connectivity index (χ1) is 12.1. The Morgan fingerprint density at radius 3 is 3.04 bits per heavy atom. The zero-order valence-corrected chi connectivity index (χ0v) is 14.1. The molecule has 3 aliphatic rings. The number of amides is 1. The second kappa shape index (κ2) is 6.44. The molecule has 0 spiro atoms. The lowest BCUT2D eigenvalue weighted by molar-refractivity contribution is -0.143. The number of rotatable bonds is 3. The third-order valence-corrected chi connectivity index (χ3v) is 5.09. The van der Waals surface area contributed by atoms with Gasteiger partial charge in [0.15, 0.2) is 6.23 Å². The van der Waals surface area contributed by atoms with Crippen LogP contribution in [0.1, 0.15) is 31.9 Å². The van der Waals surface area contributed by atoms with Gasteiger partial charge in [0, 0.05) is 19.2 Å². The minimum absolute atomic E-state index is 0.117. The minimum Gasteiger partial charge on any atom is -0.443 e. The molecule has 2 unspecified atom stereocenters. The van der Waals surface area contributed by atoms with E-state index >= 15 is 0 Å². The van der Waals surface area contributed by atoms with Gasteiger partial charge >= 0.3 is 5.97 Å². The monoisotopic (exact) mass is 339 g/mol. The first-order valence-corrected chi connectivity index (χ1v) is 8.68. The van der Waals surface area contributed by atoms with Crippen molar-refractivity contribution < 1.29 is 14.3 Å². The van der Waals surface area contributed by atoms with Crippen LogP contribution < -0.4 is 5.32 Å². The molecule has 1 fully saturated rings. The number of hydrogen-bond donors (Lipinski definition) is 1. The first-order valence-electron chi connectivity index (χ1n) is 8.68. The van der Waals surface area contributed by atoms with E-state index in [9.17, 15) is 9.59 Å². The van der Waals surface area contributed by atoms with Crippen LogP contribution in [0.25, 0.3) is 5.57 Å². The summed E-state index contributed by atoms with van der Waals surface area (Å²) in [4.78, 5) is 30.0. The molecular formula is C19H21N3O3. The van der Waals surface area contributed by atoms with E-state index in [0.717, 1.165) is 18.5 Å². The Morgan fingerprint density at radius 2 is 2.28 bits per heavy atom. The van der Waals surface area contributed by atoms with E-state index in [1.807, 2.05) is 24.4 Å². The fourth-order valence-electron chi connectivity index (χ4n) is 3.96. The number of carbonyl (C=O) groups excluding carboxylic acids is 2. The van der Waals surface area contributed by atoms with Crippen molar-refractivity contribution in [1.82, 2.24) is 15.2 Å². The molecule has 1 aromatic heterocycles. The fraction of sp³-hybridized carbons (Fsp3) is 0.421. The van der Waals surface area contributed by atoms with Crippen LogP contribution in [0.4, 0.5) is 0 Å². The van der Waals surface area contributed by atoms with Crippen LogP contribution in [0, 0.1) is 0 Å². The van der Waals surface area contributed by atoms with Crippen molar-refractivity contribution in [2.75, 3.05) is 6.54 Å². The maximum Gasteiger partial charge on any atom is 0.325 e. The van der Waals surface area contributed by atoms with Gasteiger partial charge in [0.05, 0.1) is 12.2 Å². The van der Waals surface area contributed by atoms with Gasteiger partial charge in [-0.25, -0.2) is 4.90 Å². The van der Waals surface area contributed by atoms with Crippen LogP contribution in [0.2, 0.25) is 0 Å². The summed E-state index contributed by atoms with van der Waals surface area (Å²) in [6.45, 7) is 1.80. The minimum atomic E-state index is -0.389. The highest BCUT2D eigenvalue weighted by molar-refractivity contribution is 5.79. The molecule has 4 rings (SSSR count). The normalized spacial score (nSPS) is 28.4. The summed E-state index contributed by atoms with van der Waals surface area (Å²) in [6, 6.07) is 5.85. The quantitative estimate of drug-likeness (QED) is 0.848. The Bertz CT molecular complexity index is 756. The molecule has 0 radical (unpaired) electrons. The lowest BCUT2D eigenvalue weighted by atomic mass is 9.84. The molecule has 0 aromatic carbocycles. The number of cyclic esters (lactones) is 1. The highest BCUT2D eigenvalue weighted by Crippen LogP contribution is 2.39. The Balaban J connectivity index is 1.59.